The van der Waals surface area contributed by atoms with Gasteiger partial charge in [0, 0.05) is 11.4 Å². The molecule has 2 rings (SSSR count). The molecule has 2 amide bonds. The van der Waals surface area contributed by atoms with Gasteiger partial charge in [-0.1, -0.05) is 6.07 Å². The van der Waals surface area contributed by atoms with Crippen LogP contribution in [0.3, 0.4) is 0 Å². The summed E-state index contributed by atoms with van der Waals surface area (Å²) < 4.78 is 28.3. The highest BCUT2D eigenvalue weighted by molar-refractivity contribution is 5.99. The largest absolute Gasteiger partial charge is 0.435 e. The van der Waals surface area contributed by atoms with E-state index in [-0.39, 0.29) is 5.75 Å². The summed E-state index contributed by atoms with van der Waals surface area (Å²) in [5.41, 5.74) is 3.25. The van der Waals surface area contributed by atoms with Crippen LogP contribution in [-0.2, 0) is 0 Å². The number of halogens is 2. The van der Waals surface area contributed by atoms with Gasteiger partial charge in [0.1, 0.15) is 5.75 Å². The molecule has 0 atom stereocenters. The average molecular weight is 306 g/mol. The number of hydrogen-bond acceptors (Lipinski definition) is 2. The fourth-order valence-electron chi connectivity index (χ4n) is 2.06. The van der Waals surface area contributed by atoms with Gasteiger partial charge in [-0.05, 0) is 61.4 Å². The lowest BCUT2D eigenvalue weighted by molar-refractivity contribution is -0.0498. The number of hydrogen-bond donors (Lipinski definition) is 2. The second-order valence-electron chi connectivity index (χ2n) is 4.86. The molecule has 0 radical (unpaired) electrons. The molecule has 0 aromatic heterocycles. The van der Waals surface area contributed by atoms with Crippen LogP contribution in [0.25, 0.3) is 0 Å². The Kier molecular flexibility index (Phi) is 4.93. The Morgan fingerprint density at radius 3 is 2.05 bits per heavy atom. The highest BCUT2D eigenvalue weighted by Crippen LogP contribution is 2.18. The van der Waals surface area contributed by atoms with Gasteiger partial charge in [-0.3, -0.25) is 0 Å². The average Bonchev–Trinajstić information content (AvgIpc) is 2.39. The number of urea groups is 1. The predicted octanol–water partition coefficient (Wildman–Crippen LogP) is 4.55. The van der Waals surface area contributed by atoms with Gasteiger partial charge in [0.25, 0.3) is 0 Å². The molecule has 0 bridgehead atoms. The Morgan fingerprint density at radius 1 is 0.955 bits per heavy atom. The van der Waals surface area contributed by atoms with Gasteiger partial charge in [-0.25, -0.2) is 4.79 Å². The van der Waals surface area contributed by atoms with E-state index in [9.17, 15) is 13.6 Å². The standard InChI is InChI=1S/C16H16F2N2O2/c1-10-7-11(2)9-13(8-10)20-16(21)19-12-3-5-14(6-4-12)22-15(17)18/h3-9,15H,1-2H3,(H2,19,20,21). The van der Waals surface area contributed by atoms with E-state index in [0.717, 1.165) is 11.1 Å². The molecule has 0 aliphatic rings. The lowest BCUT2D eigenvalue weighted by atomic mass is 10.1. The third-order valence-electron chi connectivity index (χ3n) is 2.82. The lowest BCUT2D eigenvalue weighted by Gasteiger charge is -2.10. The maximum absolute atomic E-state index is 12.0. The van der Waals surface area contributed by atoms with Crippen LogP contribution in [0.1, 0.15) is 11.1 Å². The molecule has 2 aromatic rings. The molecular formula is C16H16F2N2O2. The van der Waals surface area contributed by atoms with E-state index in [4.69, 9.17) is 0 Å². The fraction of sp³-hybridized carbons (Fsp3) is 0.188. The molecule has 4 nitrogen and oxygen atoms in total. The Hall–Kier alpha value is -2.63. The topological polar surface area (TPSA) is 50.4 Å². The summed E-state index contributed by atoms with van der Waals surface area (Å²) >= 11 is 0. The third kappa shape index (κ3) is 4.73. The summed E-state index contributed by atoms with van der Waals surface area (Å²) in [6.45, 7) is 1.02. The summed E-state index contributed by atoms with van der Waals surface area (Å²) in [6, 6.07) is 11.0. The predicted molar refractivity (Wildman–Crippen MR) is 81.6 cm³/mol. The molecule has 0 saturated carbocycles. The first-order valence-corrected chi connectivity index (χ1v) is 6.63. The number of amides is 2. The Morgan fingerprint density at radius 2 is 1.50 bits per heavy atom. The minimum absolute atomic E-state index is 0.0373. The van der Waals surface area contributed by atoms with Crippen LogP contribution in [-0.4, -0.2) is 12.6 Å². The number of anilines is 2. The molecule has 0 saturated heterocycles. The van der Waals surface area contributed by atoms with Crippen LogP contribution in [0.5, 0.6) is 5.75 Å². The van der Waals surface area contributed by atoms with Crippen LogP contribution >= 0.6 is 0 Å². The van der Waals surface area contributed by atoms with Crippen molar-refractivity contribution in [2.24, 2.45) is 0 Å². The zero-order chi connectivity index (χ0) is 16.1. The summed E-state index contributed by atoms with van der Waals surface area (Å²) in [6.07, 6.45) is 0. The van der Waals surface area contributed by atoms with Gasteiger partial charge in [0.05, 0.1) is 0 Å². The number of ether oxygens (including phenoxy) is 1. The van der Waals surface area contributed by atoms with Gasteiger partial charge >= 0.3 is 12.6 Å². The minimum atomic E-state index is -2.87. The van der Waals surface area contributed by atoms with E-state index < -0.39 is 12.6 Å². The zero-order valence-corrected chi connectivity index (χ0v) is 12.2. The van der Waals surface area contributed by atoms with Gasteiger partial charge in [0.15, 0.2) is 0 Å². The quantitative estimate of drug-likeness (QED) is 0.870. The molecule has 0 aliphatic heterocycles. The van der Waals surface area contributed by atoms with Crippen molar-refractivity contribution in [2.45, 2.75) is 20.5 Å². The normalized spacial score (nSPS) is 10.4. The molecule has 0 fully saturated rings. The molecule has 6 heteroatoms. The SMILES string of the molecule is Cc1cc(C)cc(NC(=O)Nc2ccc(OC(F)F)cc2)c1. The lowest BCUT2D eigenvalue weighted by Crippen LogP contribution is -2.19. The van der Waals surface area contributed by atoms with Gasteiger partial charge in [-0.15, -0.1) is 0 Å². The number of aryl methyl sites for hydroxylation is 2. The molecule has 2 N–H and O–H groups in total. The van der Waals surface area contributed by atoms with Crippen molar-refractivity contribution in [3.63, 3.8) is 0 Å². The summed E-state index contributed by atoms with van der Waals surface area (Å²) in [4.78, 5) is 11.9. The Balaban J connectivity index is 1.96. The van der Waals surface area contributed by atoms with Crippen LogP contribution < -0.4 is 15.4 Å². The molecule has 0 aliphatic carbocycles. The maximum Gasteiger partial charge on any atom is 0.387 e. The highest BCUT2D eigenvalue weighted by Gasteiger charge is 2.06. The molecule has 0 unspecified atom stereocenters. The van der Waals surface area contributed by atoms with Crippen molar-refractivity contribution < 1.29 is 18.3 Å². The smallest absolute Gasteiger partial charge is 0.387 e. The van der Waals surface area contributed by atoms with Gasteiger partial charge in [0.2, 0.25) is 0 Å². The number of alkyl halides is 2. The maximum atomic E-state index is 12.0. The molecule has 116 valence electrons. The molecular weight excluding hydrogens is 290 g/mol. The Bertz CT molecular complexity index is 637. The first-order valence-electron chi connectivity index (χ1n) is 6.63. The third-order valence-corrected chi connectivity index (χ3v) is 2.82. The van der Waals surface area contributed by atoms with Gasteiger partial charge < -0.3 is 15.4 Å². The van der Waals surface area contributed by atoms with E-state index in [1.165, 1.54) is 24.3 Å². The molecule has 2 aromatic carbocycles. The fourth-order valence-corrected chi connectivity index (χ4v) is 2.06. The van der Waals surface area contributed by atoms with Crippen LogP contribution in [0, 0.1) is 13.8 Å². The van der Waals surface area contributed by atoms with Crippen molar-refractivity contribution in [2.75, 3.05) is 10.6 Å². The minimum Gasteiger partial charge on any atom is -0.435 e. The number of benzene rings is 2. The molecule has 0 heterocycles. The van der Waals surface area contributed by atoms with E-state index in [2.05, 4.69) is 15.4 Å². The second kappa shape index (κ2) is 6.89. The van der Waals surface area contributed by atoms with E-state index in [1.54, 1.807) is 0 Å². The van der Waals surface area contributed by atoms with E-state index in [1.807, 2.05) is 32.0 Å². The number of nitrogens with one attached hydrogen (secondary N) is 2. The van der Waals surface area contributed by atoms with Crippen molar-refractivity contribution in [3.8, 4) is 5.75 Å². The zero-order valence-electron chi connectivity index (χ0n) is 12.2. The highest BCUT2D eigenvalue weighted by atomic mass is 19.3. The van der Waals surface area contributed by atoms with Crippen LogP contribution in [0.2, 0.25) is 0 Å². The van der Waals surface area contributed by atoms with Crippen LogP contribution in [0.4, 0.5) is 25.0 Å². The monoisotopic (exact) mass is 306 g/mol. The number of rotatable bonds is 4. The van der Waals surface area contributed by atoms with E-state index in [0.29, 0.717) is 11.4 Å². The van der Waals surface area contributed by atoms with Crippen molar-refractivity contribution in [3.05, 3.63) is 53.6 Å². The Labute approximate surface area is 127 Å². The summed E-state index contributed by atoms with van der Waals surface area (Å²) in [5, 5.41) is 5.33. The van der Waals surface area contributed by atoms with E-state index >= 15 is 0 Å². The second-order valence-corrected chi connectivity index (χ2v) is 4.86. The number of carbonyl (C=O) groups excluding carboxylic acids is 1. The molecule has 0 spiro atoms. The van der Waals surface area contributed by atoms with Gasteiger partial charge in [-0.2, -0.15) is 8.78 Å². The first-order chi connectivity index (χ1) is 10.4. The molecule has 22 heavy (non-hydrogen) atoms. The number of carbonyl (C=O) groups is 1. The summed E-state index contributed by atoms with van der Waals surface area (Å²) in [5.74, 6) is 0.0373. The van der Waals surface area contributed by atoms with Crippen LogP contribution in [0.15, 0.2) is 42.5 Å². The van der Waals surface area contributed by atoms with Crippen molar-refractivity contribution in [1.29, 1.82) is 0 Å². The van der Waals surface area contributed by atoms with Crippen molar-refractivity contribution in [1.82, 2.24) is 0 Å². The first kappa shape index (κ1) is 15.8. The van der Waals surface area contributed by atoms with Crippen molar-refractivity contribution >= 4 is 17.4 Å². The summed E-state index contributed by atoms with van der Waals surface area (Å²) in [7, 11) is 0.